The lowest BCUT2D eigenvalue weighted by atomic mass is 9.95. The van der Waals surface area contributed by atoms with Crippen LogP contribution in [-0.2, 0) is 18.9 Å². The van der Waals surface area contributed by atoms with Crippen LogP contribution in [0.1, 0.15) is 0 Å². The minimum atomic E-state index is -0.379. The number of alkyl halides is 1. The van der Waals surface area contributed by atoms with E-state index in [1.54, 1.807) is 14.2 Å². The molecule has 0 amide bonds. The van der Waals surface area contributed by atoms with Crippen molar-refractivity contribution in [2.24, 2.45) is 15.9 Å². The molecule has 0 aromatic heterocycles. The van der Waals surface area contributed by atoms with Crippen LogP contribution in [-0.4, -0.2) is 58.2 Å². The van der Waals surface area contributed by atoms with Gasteiger partial charge in [0, 0.05) is 20.3 Å². The second-order valence-corrected chi connectivity index (χ2v) is 4.89. The highest BCUT2D eigenvalue weighted by Crippen LogP contribution is 2.29. The van der Waals surface area contributed by atoms with Gasteiger partial charge in [0.15, 0.2) is 11.5 Å². The van der Waals surface area contributed by atoms with Gasteiger partial charge in [0.05, 0.1) is 24.8 Å². The summed E-state index contributed by atoms with van der Waals surface area (Å²) in [5.74, 6) is 1.15. The number of rotatable bonds is 8. The third kappa shape index (κ3) is 4.30. The highest BCUT2D eigenvalue weighted by Gasteiger charge is 2.30. The van der Waals surface area contributed by atoms with Crippen LogP contribution < -0.4 is 0 Å². The van der Waals surface area contributed by atoms with Gasteiger partial charge in [0.2, 0.25) is 0 Å². The van der Waals surface area contributed by atoms with Crippen molar-refractivity contribution >= 4 is 23.7 Å². The molecule has 0 saturated heterocycles. The highest BCUT2D eigenvalue weighted by atomic mass is 35.5. The molecule has 0 fully saturated rings. The van der Waals surface area contributed by atoms with E-state index in [1.165, 1.54) is 6.34 Å². The molecule has 6 nitrogen and oxygen atoms in total. The molecule has 1 heterocycles. The minimum Gasteiger partial charge on any atom is -0.488 e. The van der Waals surface area contributed by atoms with Gasteiger partial charge in [-0.05, 0) is 6.08 Å². The van der Waals surface area contributed by atoms with E-state index in [-0.39, 0.29) is 11.4 Å². The number of methoxy groups -OCH3 is 2. The second-order valence-electron chi connectivity index (χ2n) is 4.44. The van der Waals surface area contributed by atoms with Gasteiger partial charge in [0.1, 0.15) is 25.1 Å². The van der Waals surface area contributed by atoms with Gasteiger partial charge in [-0.2, -0.15) is 0 Å². The molecule has 0 aromatic carbocycles. The van der Waals surface area contributed by atoms with Crippen LogP contribution in [0, 0.1) is 5.92 Å². The standard InChI is InChI=1S/C14H19ClN2O4/c1-18-3-5-20-12-7-10-11(16-9-17-14(10)15)8-13(12)21-6-4-19-2/h7-10,14H,3-6H2,1-2H3. The van der Waals surface area contributed by atoms with Gasteiger partial charge in [-0.1, -0.05) is 11.6 Å². The molecule has 0 radical (unpaired) electrons. The zero-order valence-electron chi connectivity index (χ0n) is 12.1. The minimum absolute atomic E-state index is 0.107. The van der Waals surface area contributed by atoms with Crippen LogP contribution in [0.15, 0.2) is 33.7 Å². The van der Waals surface area contributed by atoms with E-state index in [2.05, 4.69) is 9.98 Å². The number of fused-ring (bicyclic) bond motifs is 1. The van der Waals surface area contributed by atoms with Gasteiger partial charge in [-0.3, -0.25) is 4.99 Å². The highest BCUT2D eigenvalue weighted by molar-refractivity contribution is 6.24. The van der Waals surface area contributed by atoms with E-state index >= 15 is 0 Å². The van der Waals surface area contributed by atoms with Crippen molar-refractivity contribution in [3.63, 3.8) is 0 Å². The van der Waals surface area contributed by atoms with Gasteiger partial charge in [-0.25, -0.2) is 4.99 Å². The van der Waals surface area contributed by atoms with Crippen molar-refractivity contribution in [1.82, 2.24) is 0 Å². The van der Waals surface area contributed by atoms with E-state index in [1.807, 2.05) is 12.2 Å². The van der Waals surface area contributed by atoms with Crippen molar-refractivity contribution in [1.29, 1.82) is 0 Å². The fourth-order valence-electron chi connectivity index (χ4n) is 1.93. The zero-order valence-corrected chi connectivity index (χ0v) is 12.9. The lowest BCUT2D eigenvalue weighted by molar-refractivity contribution is 0.0776. The molecule has 0 N–H and O–H groups in total. The van der Waals surface area contributed by atoms with E-state index < -0.39 is 0 Å². The normalized spacial score (nSPS) is 23.9. The molecule has 1 aliphatic carbocycles. The number of hydrogen-bond acceptors (Lipinski definition) is 6. The summed E-state index contributed by atoms with van der Waals surface area (Å²) in [6.07, 6.45) is 5.20. The molecule has 2 rings (SSSR count). The Morgan fingerprint density at radius 2 is 1.71 bits per heavy atom. The summed E-state index contributed by atoms with van der Waals surface area (Å²) in [7, 11) is 3.25. The van der Waals surface area contributed by atoms with Crippen LogP contribution in [0.5, 0.6) is 0 Å². The van der Waals surface area contributed by atoms with Crippen LogP contribution in [0.25, 0.3) is 0 Å². The molecular weight excluding hydrogens is 296 g/mol. The zero-order chi connectivity index (χ0) is 15.1. The Morgan fingerprint density at radius 3 is 2.38 bits per heavy atom. The smallest absolute Gasteiger partial charge is 0.162 e. The average molecular weight is 315 g/mol. The molecule has 0 aromatic rings. The Bertz CT molecular complexity index is 474. The average Bonchev–Trinajstić information content (AvgIpc) is 2.49. The largest absolute Gasteiger partial charge is 0.488 e. The summed E-state index contributed by atoms with van der Waals surface area (Å²) in [5.41, 5.74) is 0.437. The molecule has 0 bridgehead atoms. The van der Waals surface area contributed by atoms with Crippen molar-refractivity contribution in [3.8, 4) is 0 Å². The van der Waals surface area contributed by atoms with Crippen molar-refractivity contribution in [2.45, 2.75) is 5.50 Å². The molecule has 0 saturated carbocycles. The fourth-order valence-corrected chi connectivity index (χ4v) is 2.19. The third-order valence-electron chi connectivity index (χ3n) is 3.00. The number of ether oxygens (including phenoxy) is 4. The predicted octanol–water partition coefficient (Wildman–Crippen LogP) is 1.76. The van der Waals surface area contributed by atoms with E-state index in [0.29, 0.717) is 37.9 Å². The van der Waals surface area contributed by atoms with Crippen LogP contribution in [0.2, 0.25) is 0 Å². The SMILES string of the molecule is COCCOC1=CC2=NC=NC(Cl)C2C=C1OCCOC. The molecule has 2 aliphatic rings. The van der Waals surface area contributed by atoms with Gasteiger partial charge in [0.25, 0.3) is 0 Å². The lowest BCUT2D eigenvalue weighted by Crippen LogP contribution is -2.28. The molecule has 0 spiro atoms. The maximum Gasteiger partial charge on any atom is 0.162 e. The van der Waals surface area contributed by atoms with Gasteiger partial charge < -0.3 is 18.9 Å². The van der Waals surface area contributed by atoms with E-state index in [0.717, 1.165) is 5.71 Å². The molecule has 21 heavy (non-hydrogen) atoms. The van der Waals surface area contributed by atoms with Crippen molar-refractivity contribution < 1.29 is 18.9 Å². The van der Waals surface area contributed by atoms with Gasteiger partial charge >= 0.3 is 0 Å². The number of allylic oxidation sites excluding steroid dienone is 1. The Kier molecular flexibility index (Phi) is 6.22. The number of halogens is 1. The fraction of sp³-hybridized carbons (Fsp3) is 0.571. The topological polar surface area (TPSA) is 61.6 Å². The van der Waals surface area contributed by atoms with E-state index in [9.17, 15) is 0 Å². The molecule has 1 aliphatic heterocycles. The first-order valence-electron chi connectivity index (χ1n) is 6.67. The molecule has 2 unspecified atom stereocenters. The van der Waals surface area contributed by atoms with Crippen LogP contribution in [0.4, 0.5) is 0 Å². The maximum absolute atomic E-state index is 6.20. The summed E-state index contributed by atoms with van der Waals surface area (Å²) in [5, 5.41) is 0. The first-order valence-corrected chi connectivity index (χ1v) is 7.10. The van der Waals surface area contributed by atoms with Crippen LogP contribution in [0.3, 0.4) is 0 Å². The summed E-state index contributed by atoms with van der Waals surface area (Å²) in [4.78, 5) is 8.32. The first-order chi connectivity index (χ1) is 10.3. The third-order valence-corrected chi connectivity index (χ3v) is 3.38. The summed E-state index contributed by atoms with van der Waals surface area (Å²) < 4.78 is 21.4. The molecule has 7 heteroatoms. The first kappa shape index (κ1) is 16.0. The Labute approximate surface area is 129 Å². The summed E-state index contributed by atoms with van der Waals surface area (Å²) in [6, 6.07) is 0. The van der Waals surface area contributed by atoms with Crippen LogP contribution >= 0.6 is 11.6 Å². The molecule has 116 valence electrons. The summed E-state index contributed by atoms with van der Waals surface area (Å²) >= 11 is 6.20. The molecular formula is C14H19ClN2O4. The monoisotopic (exact) mass is 314 g/mol. The number of aliphatic imine (C=N–C) groups is 2. The Hall–Kier alpha value is -1.37. The quantitative estimate of drug-likeness (QED) is 0.389. The van der Waals surface area contributed by atoms with Gasteiger partial charge in [-0.15, -0.1) is 0 Å². The predicted molar refractivity (Wildman–Crippen MR) is 80.9 cm³/mol. The number of hydrogen-bond donors (Lipinski definition) is 0. The van der Waals surface area contributed by atoms with Crippen molar-refractivity contribution in [3.05, 3.63) is 23.7 Å². The Morgan fingerprint density at radius 1 is 1.05 bits per heavy atom. The summed E-state index contributed by atoms with van der Waals surface area (Å²) in [6.45, 7) is 1.86. The van der Waals surface area contributed by atoms with E-state index in [4.69, 9.17) is 30.5 Å². The Balaban J connectivity index is 2.10. The number of nitrogens with zero attached hydrogens (tertiary/aromatic N) is 2. The van der Waals surface area contributed by atoms with Crippen molar-refractivity contribution in [2.75, 3.05) is 40.6 Å². The molecule has 2 atom stereocenters. The lowest BCUT2D eigenvalue weighted by Gasteiger charge is -2.26. The second kappa shape index (κ2) is 8.17. The maximum atomic E-state index is 6.20.